The molecule has 4 heterocycles. The van der Waals surface area contributed by atoms with Gasteiger partial charge in [0.1, 0.15) is 0 Å². The summed E-state index contributed by atoms with van der Waals surface area (Å²) in [4.78, 5) is 8.75. The molecule has 0 radical (unpaired) electrons. The number of aryl methyl sites for hydroxylation is 2. The van der Waals surface area contributed by atoms with E-state index >= 15 is 0 Å². The van der Waals surface area contributed by atoms with Gasteiger partial charge in [-0.1, -0.05) is 31.4 Å². The summed E-state index contributed by atoms with van der Waals surface area (Å²) < 4.78 is 4.67. The second kappa shape index (κ2) is 8.90. The molecule has 0 aliphatic carbocycles. The van der Waals surface area contributed by atoms with Crippen LogP contribution in [0.3, 0.4) is 0 Å². The van der Waals surface area contributed by atoms with E-state index in [1.165, 1.54) is 43.6 Å². The number of hydrogen-bond acceptors (Lipinski definition) is 2. The van der Waals surface area contributed by atoms with Gasteiger partial charge >= 0.3 is 0 Å². The normalized spacial score (nSPS) is 12.2. The Hall–Kier alpha value is -4.44. The number of aromatic nitrogens is 4. The van der Waals surface area contributed by atoms with Crippen molar-refractivity contribution in [1.82, 2.24) is 19.1 Å². The van der Waals surface area contributed by atoms with E-state index in [1.54, 1.807) is 0 Å². The monoisotopic (exact) mass is 482 g/mol. The lowest BCUT2D eigenvalue weighted by atomic mass is 9.95. The first-order valence-corrected chi connectivity index (χ1v) is 12.8. The van der Waals surface area contributed by atoms with Crippen LogP contribution >= 0.6 is 0 Å². The van der Waals surface area contributed by atoms with Gasteiger partial charge in [0.25, 0.3) is 0 Å². The third-order valence-corrected chi connectivity index (χ3v) is 7.55. The third kappa shape index (κ3) is 3.60. The van der Waals surface area contributed by atoms with Crippen LogP contribution in [-0.4, -0.2) is 19.1 Å². The number of benzene rings is 2. The Morgan fingerprint density at radius 1 is 0.703 bits per heavy atom. The van der Waals surface area contributed by atoms with E-state index in [1.807, 2.05) is 24.8 Å². The van der Waals surface area contributed by atoms with Crippen molar-refractivity contribution in [1.29, 1.82) is 0 Å². The number of pyridine rings is 2. The molecule has 0 saturated carbocycles. The largest absolute Gasteiger partial charge is 0.341 e. The Morgan fingerprint density at radius 3 is 1.73 bits per heavy atom. The molecular weight excluding hydrogens is 452 g/mol. The van der Waals surface area contributed by atoms with Gasteiger partial charge in [0.2, 0.25) is 0 Å². The highest BCUT2D eigenvalue weighted by atomic mass is 15.0. The second-order valence-electron chi connectivity index (χ2n) is 9.57. The van der Waals surface area contributed by atoms with Gasteiger partial charge in [0.05, 0.1) is 11.0 Å². The van der Waals surface area contributed by atoms with E-state index in [-0.39, 0.29) is 0 Å². The fourth-order valence-corrected chi connectivity index (χ4v) is 5.62. The Kier molecular flexibility index (Phi) is 5.53. The van der Waals surface area contributed by atoms with Crippen LogP contribution < -0.4 is 0 Å². The summed E-state index contributed by atoms with van der Waals surface area (Å²) in [5, 5.41) is 4.77. The van der Waals surface area contributed by atoms with Gasteiger partial charge < -0.3 is 9.13 Å². The van der Waals surface area contributed by atoms with Crippen LogP contribution in [0.25, 0.3) is 54.8 Å². The van der Waals surface area contributed by atoms with Gasteiger partial charge in [-0.3, -0.25) is 9.97 Å². The van der Waals surface area contributed by atoms with E-state index in [0.717, 1.165) is 40.9 Å². The molecule has 37 heavy (non-hydrogen) atoms. The summed E-state index contributed by atoms with van der Waals surface area (Å²) in [6.07, 6.45) is 9.78. The number of fused-ring (bicyclic) bond motifs is 6. The number of nitrogens with zero attached hydrogens (tertiary/aromatic N) is 4. The summed E-state index contributed by atoms with van der Waals surface area (Å²) in [5.41, 5.74) is 10.2. The second-order valence-corrected chi connectivity index (χ2v) is 9.57. The SMILES string of the molecule is C=C(/C=C(/C)C(=C)c1ccc2c(c1)c1cnccc1n2CC)c1ccc2c(c1)c1cnccc1n2CC. The summed E-state index contributed by atoms with van der Waals surface area (Å²) in [7, 11) is 0. The van der Waals surface area contributed by atoms with Crippen molar-refractivity contribution in [3.8, 4) is 0 Å². The van der Waals surface area contributed by atoms with E-state index in [0.29, 0.717) is 0 Å². The maximum Gasteiger partial charge on any atom is 0.0522 e. The Bertz CT molecular complexity index is 1890. The number of rotatable bonds is 6. The van der Waals surface area contributed by atoms with Crippen molar-refractivity contribution >= 4 is 54.8 Å². The average molecular weight is 483 g/mol. The van der Waals surface area contributed by atoms with Gasteiger partial charge in [-0.15, -0.1) is 0 Å². The minimum Gasteiger partial charge on any atom is -0.341 e. The summed E-state index contributed by atoms with van der Waals surface area (Å²) in [5.74, 6) is 0. The van der Waals surface area contributed by atoms with Crippen LogP contribution in [0.2, 0.25) is 0 Å². The first-order chi connectivity index (χ1) is 18.0. The molecule has 0 atom stereocenters. The fraction of sp³-hybridized carbons (Fsp3) is 0.152. The molecule has 2 aromatic carbocycles. The molecule has 0 unspecified atom stereocenters. The molecule has 0 bridgehead atoms. The van der Waals surface area contributed by atoms with Crippen LogP contribution in [-0.2, 0) is 13.1 Å². The smallest absolute Gasteiger partial charge is 0.0522 e. The molecule has 4 aromatic heterocycles. The zero-order valence-corrected chi connectivity index (χ0v) is 21.6. The molecule has 4 heteroatoms. The standard InChI is InChI=1S/C33H30N4/c1-6-36-30-10-8-24(17-26(30)28-19-34-14-12-32(28)36)22(4)16-21(3)23(5)25-9-11-31-27(18-25)29-20-35-15-13-33(29)37(31)7-2/h8-20H,4-7H2,1-3H3/b21-16-. The van der Waals surface area contributed by atoms with Crippen molar-refractivity contribution in [2.45, 2.75) is 33.9 Å². The molecule has 0 aliphatic rings. The van der Waals surface area contributed by atoms with Gasteiger partial charge in [-0.05, 0) is 85.0 Å². The van der Waals surface area contributed by atoms with Crippen molar-refractivity contribution in [2.24, 2.45) is 0 Å². The molecule has 6 aromatic rings. The first kappa shape index (κ1) is 23.0. The Morgan fingerprint density at radius 2 is 1.19 bits per heavy atom. The van der Waals surface area contributed by atoms with Crippen molar-refractivity contribution < 1.29 is 0 Å². The highest BCUT2D eigenvalue weighted by molar-refractivity contribution is 6.10. The molecule has 4 nitrogen and oxygen atoms in total. The summed E-state index contributed by atoms with van der Waals surface area (Å²) in [6, 6.07) is 17.4. The average Bonchev–Trinajstić information content (AvgIpc) is 3.43. The predicted molar refractivity (Wildman–Crippen MR) is 158 cm³/mol. The van der Waals surface area contributed by atoms with E-state index in [9.17, 15) is 0 Å². The highest BCUT2D eigenvalue weighted by Crippen LogP contribution is 2.34. The Labute approximate surface area is 216 Å². The molecule has 0 saturated heterocycles. The minimum atomic E-state index is 0.917. The molecule has 0 spiro atoms. The number of allylic oxidation sites excluding steroid dienone is 4. The highest BCUT2D eigenvalue weighted by Gasteiger charge is 2.13. The molecule has 0 N–H and O–H groups in total. The zero-order chi connectivity index (χ0) is 25.7. The quantitative estimate of drug-likeness (QED) is 0.223. The molecule has 0 fully saturated rings. The Balaban J connectivity index is 1.36. The van der Waals surface area contributed by atoms with Crippen molar-refractivity contribution in [3.63, 3.8) is 0 Å². The topological polar surface area (TPSA) is 35.6 Å². The third-order valence-electron chi connectivity index (χ3n) is 7.55. The fourth-order valence-electron chi connectivity index (χ4n) is 5.62. The van der Waals surface area contributed by atoms with Gasteiger partial charge in [-0.2, -0.15) is 0 Å². The lowest BCUT2D eigenvalue weighted by Crippen LogP contribution is -1.93. The van der Waals surface area contributed by atoms with E-state index < -0.39 is 0 Å². The number of hydrogen-bond donors (Lipinski definition) is 0. The first-order valence-electron chi connectivity index (χ1n) is 12.8. The molecule has 182 valence electrons. The lowest BCUT2D eigenvalue weighted by molar-refractivity contribution is 0.826. The summed E-state index contributed by atoms with van der Waals surface area (Å²) in [6.45, 7) is 17.2. The minimum absolute atomic E-state index is 0.917. The van der Waals surface area contributed by atoms with Gasteiger partial charge in [0.15, 0.2) is 0 Å². The van der Waals surface area contributed by atoms with Gasteiger partial charge in [-0.25, -0.2) is 0 Å². The zero-order valence-electron chi connectivity index (χ0n) is 21.6. The molecule has 0 aliphatic heterocycles. The van der Waals surface area contributed by atoms with E-state index in [4.69, 9.17) is 0 Å². The van der Waals surface area contributed by atoms with Gasteiger partial charge in [0, 0.05) is 70.5 Å². The van der Waals surface area contributed by atoms with E-state index in [2.05, 4.69) is 108 Å². The van der Waals surface area contributed by atoms with Crippen LogP contribution in [0.5, 0.6) is 0 Å². The van der Waals surface area contributed by atoms with Crippen LogP contribution in [0, 0.1) is 0 Å². The van der Waals surface area contributed by atoms with Crippen LogP contribution in [0.15, 0.2) is 98.1 Å². The van der Waals surface area contributed by atoms with Crippen LogP contribution in [0.4, 0.5) is 0 Å². The molecule has 0 amide bonds. The van der Waals surface area contributed by atoms with Crippen molar-refractivity contribution in [3.05, 3.63) is 109 Å². The molecular formula is C33H30N4. The molecule has 6 rings (SSSR count). The predicted octanol–water partition coefficient (Wildman–Crippen LogP) is 8.41. The maximum atomic E-state index is 4.45. The van der Waals surface area contributed by atoms with Crippen LogP contribution in [0.1, 0.15) is 31.9 Å². The maximum absolute atomic E-state index is 4.45. The lowest BCUT2D eigenvalue weighted by Gasteiger charge is -2.10. The summed E-state index contributed by atoms with van der Waals surface area (Å²) >= 11 is 0. The van der Waals surface area contributed by atoms with Crippen molar-refractivity contribution in [2.75, 3.05) is 0 Å².